The summed E-state index contributed by atoms with van der Waals surface area (Å²) >= 11 is 0. The largest absolute Gasteiger partial charge is 0.467 e. The van der Waals surface area contributed by atoms with Gasteiger partial charge in [-0.05, 0) is 37.3 Å². The Bertz CT molecular complexity index is 819. The van der Waals surface area contributed by atoms with E-state index < -0.39 is 6.04 Å². The zero-order valence-corrected chi connectivity index (χ0v) is 14.4. The molecule has 2 heterocycles. The molecule has 2 aliphatic rings. The van der Waals surface area contributed by atoms with Crippen LogP contribution in [0.5, 0.6) is 0 Å². The number of likely N-dealkylation sites (tertiary alicyclic amines) is 1. The Kier molecular flexibility index (Phi) is 4.15. The normalized spacial score (nSPS) is 25.6. The van der Waals surface area contributed by atoms with Crippen LogP contribution in [0.25, 0.3) is 10.9 Å². The standard InChI is InChI=1S/C20H22N2O3/c1-25-20(24)18-12-14-7-3-5-9-17(14)22(18)19(23)16-11-10-13-6-2-4-8-15(13)21-16/h2,4,6,8,10-11,14,17-18H,3,5,7,9,12H2,1H3/t14-,17+,18-/m0/s1. The molecule has 5 heteroatoms. The van der Waals surface area contributed by atoms with E-state index >= 15 is 0 Å². The van der Waals surface area contributed by atoms with Gasteiger partial charge in [0.05, 0.1) is 12.6 Å². The zero-order chi connectivity index (χ0) is 17.4. The van der Waals surface area contributed by atoms with Gasteiger partial charge in [0, 0.05) is 11.4 Å². The van der Waals surface area contributed by atoms with Gasteiger partial charge in [0.25, 0.3) is 5.91 Å². The topological polar surface area (TPSA) is 59.5 Å². The molecule has 2 fully saturated rings. The van der Waals surface area contributed by atoms with E-state index in [0.29, 0.717) is 18.0 Å². The molecule has 0 radical (unpaired) electrons. The molecule has 1 amide bonds. The Balaban J connectivity index is 1.70. The molecule has 1 saturated heterocycles. The van der Waals surface area contributed by atoms with Crippen molar-refractivity contribution in [2.45, 2.75) is 44.2 Å². The highest BCUT2D eigenvalue weighted by atomic mass is 16.5. The van der Waals surface area contributed by atoms with Crippen LogP contribution in [-0.4, -0.2) is 41.0 Å². The summed E-state index contributed by atoms with van der Waals surface area (Å²) in [7, 11) is 1.39. The van der Waals surface area contributed by atoms with E-state index in [2.05, 4.69) is 4.98 Å². The fourth-order valence-corrected chi connectivity index (χ4v) is 4.42. The number of rotatable bonds is 2. The second kappa shape index (κ2) is 6.47. The van der Waals surface area contributed by atoms with Gasteiger partial charge in [-0.15, -0.1) is 0 Å². The van der Waals surface area contributed by atoms with Gasteiger partial charge in [-0.3, -0.25) is 4.79 Å². The number of aromatic nitrogens is 1. The number of hydrogen-bond acceptors (Lipinski definition) is 4. The van der Waals surface area contributed by atoms with Crippen molar-refractivity contribution in [3.63, 3.8) is 0 Å². The van der Waals surface area contributed by atoms with Gasteiger partial charge >= 0.3 is 5.97 Å². The number of methoxy groups -OCH3 is 1. The van der Waals surface area contributed by atoms with Crippen molar-refractivity contribution in [2.75, 3.05) is 7.11 Å². The summed E-state index contributed by atoms with van der Waals surface area (Å²) in [6, 6.07) is 11.0. The molecule has 1 aromatic heterocycles. The average molecular weight is 338 g/mol. The van der Waals surface area contributed by atoms with E-state index in [4.69, 9.17) is 4.74 Å². The van der Waals surface area contributed by atoms with Crippen LogP contribution in [0.1, 0.15) is 42.6 Å². The Morgan fingerprint density at radius 1 is 1.12 bits per heavy atom. The molecule has 2 aromatic rings. The Hall–Kier alpha value is -2.43. The summed E-state index contributed by atoms with van der Waals surface area (Å²) < 4.78 is 4.97. The Labute approximate surface area is 147 Å². The van der Waals surface area contributed by atoms with Gasteiger partial charge in [0.15, 0.2) is 0 Å². The smallest absolute Gasteiger partial charge is 0.328 e. The van der Waals surface area contributed by atoms with E-state index in [9.17, 15) is 9.59 Å². The van der Waals surface area contributed by atoms with E-state index in [1.807, 2.05) is 30.3 Å². The lowest BCUT2D eigenvalue weighted by atomic mass is 9.84. The van der Waals surface area contributed by atoms with E-state index in [1.54, 1.807) is 11.0 Å². The second-order valence-corrected chi connectivity index (χ2v) is 6.99. The molecule has 4 rings (SSSR count). The van der Waals surface area contributed by atoms with Crippen molar-refractivity contribution in [2.24, 2.45) is 5.92 Å². The molecular formula is C20H22N2O3. The minimum absolute atomic E-state index is 0.124. The summed E-state index contributed by atoms with van der Waals surface area (Å²) in [5, 5.41) is 1.00. The van der Waals surface area contributed by atoms with Crippen molar-refractivity contribution in [1.82, 2.24) is 9.88 Å². The van der Waals surface area contributed by atoms with Crippen molar-refractivity contribution in [3.8, 4) is 0 Å². The first-order valence-electron chi connectivity index (χ1n) is 8.95. The number of esters is 1. The lowest BCUT2D eigenvalue weighted by Gasteiger charge is -2.33. The highest BCUT2D eigenvalue weighted by molar-refractivity contribution is 5.97. The second-order valence-electron chi connectivity index (χ2n) is 6.99. The number of ether oxygens (including phenoxy) is 1. The number of carbonyl (C=O) groups excluding carboxylic acids is 2. The van der Waals surface area contributed by atoms with Crippen LogP contribution >= 0.6 is 0 Å². The number of fused-ring (bicyclic) bond motifs is 2. The number of nitrogens with zero attached hydrogens (tertiary/aromatic N) is 2. The molecule has 0 bridgehead atoms. The summed E-state index contributed by atoms with van der Waals surface area (Å²) in [5.41, 5.74) is 1.20. The number of pyridine rings is 1. The summed E-state index contributed by atoms with van der Waals surface area (Å²) in [5.74, 6) is -0.0821. The predicted octanol–water partition coefficient (Wildman–Crippen LogP) is 3.18. The quantitative estimate of drug-likeness (QED) is 0.789. The molecule has 0 unspecified atom stereocenters. The van der Waals surface area contributed by atoms with Gasteiger partial charge in [-0.2, -0.15) is 0 Å². The average Bonchev–Trinajstić information content (AvgIpc) is 3.06. The summed E-state index contributed by atoms with van der Waals surface area (Å²) in [6.07, 6.45) is 5.01. The van der Waals surface area contributed by atoms with Gasteiger partial charge in [0.1, 0.15) is 11.7 Å². The lowest BCUT2D eigenvalue weighted by Crippen LogP contribution is -2.46. The van der Waals surface area contributed by atoms with Crippen LogP contribution in [-0.2, 0) is 9.53 Å². The highest BCUT2D eigenvalue weighted by Gasteiger charge is 2.48. The number of para-hydroxylation sites is 1. The van der Waals surface area contributed by atoms with Gasteiger partial charge in [-0.1, -0.05) is 37.1 Å². The minimum Gasteiger partial charge on any atom is -0.467 e. The summed E-state index contributed by atoms with van der Waals surface area (Å²) in [4.78, 5) is 31.8. The first-order chi connectivity index (χ1) is 12.2. The number of carbonyl (C=O) groups is 2. The number of hydrogen-bond donors (Lipinski definition) is 0. The number of amides is 1. The molecule has 1 aliphatic carbocycles. The number of benzene rings is 1. The van der Waals surface area contributed by atoms with E-state index in [-0.39, 0.29) is 17.9 Å². The molecule has 0 spiro atoms. The first-order valence-corrected chi connectivity index (χ1v) is 8.95. The summed E-state index contributed by atoms with van der Waals surface area (Å²) in [6.45, 7) is 0. The molecule has 130 valence electrons. The molecule has 0 N–H and O–H groups in total. The third-order valence-corrected chi connectivity index (χ3v) is 5.61. The fourth-order valence-electron chi connectivity index (χ4n) is 4.42. The van der Waals surface area contributed by atoms with Crippen LogP contribution in [0, 0.1) is 5.92 Å². The SMILES string of the molecule is COC(=O)[C@@H]1C[C@@H]2CCCC[C@H]2N1C(=O)c1ccc2ccccc2n1. The molecule has 1 saturated carbocycles. The fraction of sp³-hybridized carbons (Fsp3) is 0.450. The van der Waals surface area contributed by atoms with Crippen molar-refractivity contribution < 1.29 is 14.3 Å². The maximum absolute atomic E-state index is 13.2. The Morgan fingerprint density at radius 3 is 2.76 bits per heavy atom. The third-order valence-electron chi connectivity index (χ3n) is 5.61. The van der Waals surface area contributed by atoms with E-state index in [1.165, 1.54) is 13.5 Å². The van der Waals surface area contributed by atoms with Gasteiger partial charge in [-0.25, -0.2) is 9.78 Å². The molecule has 25 heavy (non-hydrogen) atoms. The zero-order valence-electron chi connectivity index (χ0n) is 14.4. The molecule has 1 aliphatic heterocycles. The van der Waals surface area contributed by atoms with Crippen LogP contribution in [0.4, 0.5) is 0 Å². The van der Waals surface area contributed by atoms with Crippen molar-refractivity contribution >= 4 is 22.8 Å². The molecule has 1 aromatic carbocycles. The van der Waals surface area contributed by atoms with E-state index in [0.717, 1.165) is 30.2 Å². The Morgan fingerprint density at radius 2 is 1.92 bits per heavy atom. The van der Waals surface area contributed by atoms with Crippen molar-refractivity contribution in [3.05, 3.63) is 42.1 Å². The van der Waals surface area contributed by atoms with Crippen LogP contribution in [0.2, 0.25) is 0 Å². The monoisotopic (exact) mass is 338 g/mol. The predicted molar refractivity (Wildman–Crippen MR) is 94.1 cm³/mol. The molecule has 3 atom stereocenters. The van der Waals surface area contributed by atoms with Crippen molar-refractivity contribution in [1.29, 1.82) is 0 Å². The first kappa shape index (κ1) is 16.1. The van der Waals surface area contributed by atoms with Crippen LogP contribution < -0.4 is 0 Å². The van der Waals surface area contributed by atoms with Crippen LogP contribution in [0.3, 0.4) is 0 Å². The third kappa shape index (κ3) is 2.77. The molecule has 5 nitrogen and oxygen atoms in total. The maximum Gasteiger partial charge on any atom is 0.328 e. The van der Waals surface area contributed by atoms with Gasteiger partial charge in [0.2, 0.25) is 0 Å². The molecular weight excluding hydrogens is 316 g/mol. The maximum atomic E-state index is 13.2. The highest BCUT2D eigenvalue weighted by Crippen LogP contribution is 2.40. The van der Waals surface area contributed by atoms with Crippen LogP contribution in [0.15, 0.2) is 36.4 Å². The van der Waals surface area contributed by atoms with Gasteiger partial charge < -0.3 is 9.64 Å². The minimum atomic E-state index is -0.487. The lowest BCUT2D eigenvalue weighted by molar-refractivity contribution is -0.145.